The van der Waals surface area contributed by atoms with Crippen molar-refractivity contribution in [1.29, 1.82) is 0 Å². The quantitative estimate of drug-likeness (QED) is 0.903. The van der Waals surface area contributed by atoms with E-state index in [1.54, 1.807) is 7.11 Å². The summed E-state index contributed by atoms with van der Waals surface area (Å²) in [6, 6.07) is 15.6. The zero-order valence-electron chi connectivity index (χ0n) is 10.8. The zero-order valence-corrected chi connectivity index (χ0v) is 11.6. The van der Waals surface area contributed by atoms with Crippen LogP contribution in [0.25, 0.3) is 0 Å². The van der Waals surface area contributed by atoms with Crippen LogP contribution in [0.4, 0.5) is 0 Å². The molecule has 2 aromatic carbocycles. The van der Waals surface area contributed by atoms with Crippen LogP contribution in [0, 0.1) is 0 Å². The molecule has 0 amide bonds. The molecule has 1 atom stereocenters. The van der Waals surface area contributed by atoms with Crippen molar-refractivity contribution in [2.75, 3.05) is 13.7 Å². The summed E-state index contributed by atoms with van der Waals surface area (Å²) in [5, 5.41) is 10.3. The van der Waals surface area contributed by atoms with Crippen LogP contribution in [-0.2, 0) is 6.42 Å². The Balaban J connectivity index is 2.15. The fourth-order valence-corrected chi connectivity index (χ4v) is 2.33. The summed E-state index contributed by atoms with van der Waals surface area (Å²) in [4.78, 5) is 0. The van der Waals surface area contributed by atoms with Gasteiger partial charge in [0.1, 0.15) is 5.75 Å². The minimum absolute atomic E-state index is 0.0735. The second-order valence-electron chi connectivity index (χ2n) is 4.49. The van der Waals surface area contributed by atoms with E-state index in [0.717, 1.165) is 28.3 Å². The van der Waals surface area contributed by atoms with Gasteiger partial charge in [-0.25, -0.2) is 0 Å². The Bertz CT molecular complexity index is 523. The Morgan fingerprint density at radius 2 is 1.89 bits per heavy atom. The summed E-state index contributed by atoms with van der Waals surface area (Å²) < 4.78 is 5.14. The van der Waals surface area contributed by atoms with Crippen molar-refractivity contribution >= 4 is 11.6 Å². The van der Waals surface area contributed by atoms with E-state index in [0.29, 0.717) is 0 Å². The third kappa shape index (κ3) is 3.72. The third-order valence-corrected chi connectivity index (χ3v) is 3.41. The number of hydrogen-bond acceptors (Lipinski definition) is 2. The number of benzene rings is 2. The lowest BCUT2D eigenvalue weighted by molar-refractivity contribution is 0.264. The van der Waals surface area contributed by atoms with Gasteiger partial charge in [0.15, 0.2) is 0 Å². The van der Waals surface area contributed by atoms with E-state index in [9.17, 15) is 5.11 Å². The number of ether oxygens (including phenoxy) is 1. The molecule has 3 heteroatoms. The highest BCUT2D eigenvalue weighted by molar-refractivity contribution is 6.30. The summed E-state index contributed by atoms with van der Waals surface area (Å²) in [6.07, 6.45) is 0.767. The van der Waals surface area contributed by atoms with Gasteiger partial charge in [-0.05, 0) is 41.8 Å². The van der Waals surface area contributed by atoms with Crippen LogP contribution < -0.4 is 4.74 Å². The summed E-state index contributed by atoms with van der Waals surface area (Å²) in [5.41, 5.74) is 2.23. The Kier molecular flexibility index (Phi) is 4.83. The fraction of sp³-hybridized carbons (Fsp3) is 0.250. The van der Waals surface area contributed by atoms with Gasteiger partial charge in [-0.1, -0.05) is 35.9 Å². The Hall–Kier alpha value is -1.51. The van der Waals surface area contributed by atoms with E-state index in [2.05, 4.69) is 0 Å². The molecule has 0 saturated carbocycles. The molecule has 100 valence electrons. The Morgan fingerprint density at radius 1 is 1.16 bits per heavy atom. The van der Waals surface area contributed by atoms with Crippen LogP contribution >= 0.6 is 11.6 Å². The van der Waals surface area contributed by atoms with E-state index in [1.165, 1.54) is 0 Å². The summed E-state index contributed by atoms with van der Waals surface area (Å²) in [5.74, 6) is 0.896. The first-order valence-corrected chi connectivity index (χ1v) is 6.60. The molecule has 0 aliphatic heterocycles. The van der Waals surface area contributed by atoms with Gasteiger partial charge in [-0.2, -0.15) is 0 Å². The highest BCUT2D eigenvalue weighted by atomic mass is 35.5. The molecule has 0 fully saturated rings. The van der Waals surface area contributed by atoms with Crippen LogP contribution in [0.1, 0.15) is 17.0 Å². The van der Waals surface area contributed by atoms with Crippen molar-refractivity contribution in [2.45, 2.75) is 12.3 Å². The molecule has 2 rings (SSSR count). The molecular weight excluding hydrogens is 260 g/mol. The number of aliphatic hydroxyl groups excluding tert-OH is 1. The van der Waals surface area contributed by atoms with Crippen molar-refractivity contribution in [3.8, 4) is 5.75 Å². The zero-order chi connectivity index (χ0) is 13.7. The van der Waals surface area contributed by atoms with Crippen molar-refractivity contribution in [1.82, 2.24) is 0 Å². The maximum Gasteiger partial charge on any atom is 0.118 e. The number of halogens is 1. The molecule has 0 heterocycles. The van der Waals surface area contributed by atoms with Crippen molar-refractivity contribution in [3.05, 3.63) is 64.7 Å². The van der Waals surface area contributed by atoms with Gasteiger partial charge in [0.25, 0.3) is 0 Å². The lowest BCUT2D eigenvalue weighted by atomic mass is 9.93. The fourth-order valence-electron chi connectivity index (χ4n) is 2.11. The topological polar surface area (TPSA) is 29.5 Å². The number of rotatable bonds is 5. The second-order valence-corrected chi connectivity index (χ2v) is 4.92. The molecule has 0 spiro atoms. The van der Waals surface area contributed by atoms with E-state index in [-0.39, 0.29) is 12.5 Å². The van der Waals surface area contributed by atoms with Gasteiger partial charge in [-0.15, -0.1) is 0 Å². The van der Waals surface area contributed by atoms with Crippen LogP contribution in [0.5, 0.6) is 5.75 Å². The molecular formula is C16H17ClO2. The molecule has 1 unspecified atom stereocenters. The van der Waals surface area contributed by atoms with E-state index < -0.39 is 0 Å². The lowest BCUT2D eigenvalue weighted by Gasteiger charge is -2.15. The highest BCUT2D eigenvalue weighted by Crippen LogP contribution is 2.24. The smallest absolute Gasteiger partial charge is 0.118 e. The second kappa shape index (κ2) is 6.60. The Labute approximate surface area is 118 Å². The van der Waals surface area contributed by atoms with Crippen LogP contribution in [0.2, 0.25) is 5.02 Å². The first kappa shape index (κ1) is 13.9. The molecule has 0 aromatic heterocycles. The number of methoxy groups -OCH3 is 1. The maximum absolute atomic E-state index is 9.57. The average Bonchev–Trinajstić information content (AvgIpc) is 2.45. The molecule has 0 saturated heterocycles. The summed E-state index contributed by atoms with van der Waals surface area (Å²) >= 11 is 5.98. The largest absolute Gasteiger partial charge is 0.497 e. The van der Waals surface area contributed by atoms with Gasteiger partial charge in [0, 0.05) is 10.9 Å². The van der Waals surface area contributed by atoms with Crippen molar-refractivity contribution in [3.63, 3.8) is 0 Å². The van der Waals surface area contributed by atoms with Crippen LogP contribution in [-0.4, -0.2) is 18.8 Å². The molecule has 0 aliphatic carbocycles. The predicted octanol–water partition coefficient (Wildman–Crippen LogP) is 3.67. The standard InChI is InChI=1S/C16H17ClO2/c1-19-16-7-5-13(6-8-16)14(11-18)9-12-3-2-4-15(17)10-12/h2-8,10,14,18H,9,11H2,1H3. The van der Waals surface area contributed by atoms with E-state index in [1.807, 2.05) is 48.5 Å². The highest BCUT2D eigenvalue weighted by Gasteiger charge is 2.11. The first-order valence-electron chi connectivity index (χ1n) is 6.22. The van der Waals surface area contributed by atoms with Gasteiger partial charge in [-0.3, -0.25) is 0 Å². The predicted molar refractivity (Wildman–Crippen MR) is 78.0 cm³/mol. The normalized spacial score (nSPS) is 12.2. The summed E-state index contributed by atoms with van der Waals surface area (Å²) in [7, 11) is 1.64. The SMILES string of the molecule is COc1ccc(C(CO)Cc2cccc(Cl)c2)cc1. The van der Waals surface area contributed by atoms with Gasteiger partial charge < -0.3 is 9.84 Å². The summed E-state index contributed by atoms with van der Waals surface area (Å²) in [6.45, 7) is 0.110. The van der Waals surface area contributed by atoms with Gasteiger partial charge in [0.2, 0.25) is 0 Å². The van der Waals surface area contributed by atoms with E-state index >= 15 is 0 Å². The third-order valence-electron chi connectivity index (χ3n) is 3.18. The average molecular weight is 277 g/mol. The molecule has 0 bridgehead atoms. The Morgan fingerprint density at radius 3 is 2.47 bits per heavy atom. The number of hydrogen-bond donors (Lipinski definition) is 1. The lowest BCUT2D eigenvalue weighted by Crippen LogP contribution is -2.07. The van der Waals surface area contributed by atoms with Gasteiger partial charge >= 0.3 is 0 Å². The molecule has 1 N–H and O–H groups in total. The maximum atomic E-state index is 9.57. The monoisotopic (exact) mass is 276 g/mol. The van der Waals surface area contributed by atoms with Gasteiger partial charge in [0.05, 0.1) is 13.7 Å². The van der Waals surface area contributed by atoms with Crippen molar-refractivity contribution < 1.29 is 9.84 Å². The molecule has 0 aliphatic rings. The number of aliphatic hydroxyl groups is 1. The van der Waals surface area contributed by atoms with Crippen molar-refractivity contribution in [2.24, 2.45) is 0 Å². The minimum atomic E-state index is 0.0735. The van der Waals surface area contributed by atoms with Crippen LogP contribution in [0.3, 0.4) is 0 Å². The van der Waals surface area contributed by atoms with Crippen LogP contribution in [0.15, 0.2) is 48.5 Å². The molecule has 2 aromatic rings. The minimum Gasteiger partial charge on any atom is -0.497 e. The molecule has 19 heavy (non-hydrogen) atoms. The molecule has 0 radical (unpaired) electrons. The first-order chi connectivity index (χ1) is 9.22. The molecule has 2 nitrogen and oxygen atoms in total. The van der Waals surface area contributed by atoms with E-state index in [4.69, 9.17) is 16.3 Å².